The molecule has 0 spiro atoms. The Kier molecular flexibility index (Phi) is 24.3. The minimum atomic E-state index is -1.95. The molecule has 42 atom stereocenters. The third-order valence-corrected chi connectivity index (χ3v) is 27.3. The first kappa shape index (κ1) is 82.4. The van der Waals surface area contributed by atoms with Crippen molar-refractivity contribution in [1.82, 2.24) is 0 Å². The van der Waals surface area contributed by atoms with Crippen LogP contribution in [0.4, 0.5) is 0 Å². The fraction of sp³-hybridized carbons (Fsp3) is 0.958. The first-order valence-corrected chi connectivity index (χ1v) is 37.3. The van der Waals surface area contributed by atoms with E-state index in [9.17, 15) is 97.0 Å². The molecule has 34 heteroatoms. The molecule has 19 N–H and O–H groups in total. The average molecular weight is 1510 g/mol. The van der Waals surface area contributed by atoms with Gasteiger partial charge in [0.1, 0.15) is 146 Å². The summed E-state index contributed by atoms with van der Waals surface area (Å²) in [5.74, 6) is -0.810. The molecule has 5 aliphatic carbocycles. The van der Waals surface area contributed by atoms with Gasteiger partial charge in [0.25, 0.3) is 0 Å². The van der Waals surface area contributed by atoms with Gasteiger partial charge in [0.15, 0.2) is 37.7 Å². The molecule has 4 saturated carbocycles. The highest BCUT2D eigenvalue weighted by Gasteiger charge is 2.71. The highest BCUT2D eigenvalue weighted by Crippen LogP contribution is 2.76. The summed E-state index contributed by atoms with van der Waals surface area (Å²) in [6.07, 6.45) is -47.5. The molecule has 7 aliphatic heterocycles. The molecule has 604 valence electrons. The Hall–Kier alpha value is -2.07. The van der Waals surface area contributed by atoms with Gasteiger partial charge in [-0.05, 0) is 130 Å². The zero-order valence-corrected chi connectivity index (χ0v) is 61.0. The predicted molar refractivity (Wildman–Crippen MR) is 350 cm³/mol. The van der Waals surface area contributed by atoms with Crippen molar-refractivity contribution in [1.29, 1.82) is 0 Å². The Bertz CT molecular complexity index is 2990. The summed E-state index contributed by atoms with van der Waals surface area (Å²) in [4.78, 5) is 15.4. The van der Waals surface area contributed by atoms with E-state index in [4.69, 9.17) is 66.3 Å². The quantitative estimate of drug-likeness (QED) is 0.0369. The summed E-state index contributed by atoms with van der Waals surface area (Å²) < 4.78 is 84.1. The van der Waals surface area contributed by atoms with Crippen molar-refractivity contribution in [2.75, 3.05) is 26.4 Å². The standard InChI is InChI=1S/C71H116O34/c1-26-38(74)43(79)49(85)59(94-26)102-55-31(22-72)97-58(53(89)47(55)83)92-24-33-41(77)46(82)52(88)63(99-33)105-65(91)71-19-17-66(4,5)21-30(71)29-11-12-36-68(8)15-14-37(67(6,7)35(68)13-16-70(36,10)69(29,9)18-20-71)101-64-57(104-61-51(87)45(81)40(76)28(3)96-61)42(78)34(25-93-64)100-62-54(90)48(84)56(32(23-73)98-62)103-60-50(86)44(80)39(75)27(2)95-60/h11,26-28,30-64,72-90H,12-25H2,1-10H3/t26-,27-,28-,30?,31+,32+,33+,34-,35?,36?,37-,38-,39-,40-,41+,42-,43+,44+,45+,46-,47+,48+,49+,50+,51+,52+,53+,54+,55+,56+,57+,58+,59-,60-,61-,62-,63-,64-,68-,69+,70+,71-/m0/s1. The minimum Gasteiger partial charge on any atom is -0.432 e. The van der Waals surface area contributed by atoms with Crippen LogP contribution < -0.4 is 0 Å². The highest BCUT2D eigenvalue weighted by atomic mass is 16.8. The normalized spacial score (nSPS) is 55.0. The Labute approximate surface area is 608 Å². The zero-order valence-electron chi connectivity index (χ0n) is 61.0. The molecule has 7 saturated heterocycles. The van der Waals surface area contributed by atoms with E-state index in [1.807, 2.05) is 0 Å². The largest absolute Gasteiger partial charge is 0.432 e. The molecule has 0 aromatic rings. The molecule has 12 aliphatic rings. The molecule has 34 nitrogen and oxygen atoms in total. The summed E-state index contributed by atoms with van der Waals surface area (Å²) in [5, 5.41) is 208. The summed E-state index contributed by atoms with van der Waals surface area (Å²) in [5.41, 5.74) is -1.80. The van der Waals surface area contributed by atoms with Crippen molar-refractivity contribution in [2.45, 2.75) is 348 Å². The molecule has 3 unspecified atom stereocenters. The van der Waals surface area contributed by atoms with E-state index >= 15 is 4.79 Å². The molecule has 0 aromatic heterocycles. The summed E-state index contributed by atoms with van der Waals surface area (Å²) >= 11 is 0. The zero-order chi connectivity index (χ0) is 76.6. The van der Waals surface area contributed by atoms with Crippen molar-refractivity contribution in [3.63, 3.8) is 0 Å². The van der Waals surface area contributed by atoms with Gasteiger partial charge < -0.3 is 163 Å². The lowest BCUT2D eigenvalue weighted by Crippen LogP contribution is -2.67. The lowest BCUT2D eigenvalue weighted by atomic mass is 9.33. The lowest BCUT2D eigenvalue weighted by molar-refractivity contribution is -0.387. The highest BCUT2D eigenvalue weighted by molar-refractivity contribution is 5.79. The lowest BCUT2D eigenvalue weighted by Gasteiger charge is -2.71. The number of carbonyl (C=O) groups excluding carboxylic acids is 1. The number of aliphatic hydroxyl groups is 19. The third-order valence-electron chi connectivity index (χ3n) is 27.3. The fourth-order valence-corrected chi connectivity index (χ4v) is 20.4. The SMILES string of the molecule is C[C@@H]1O[C@@H](O[C@H]2[C@H](O[C@H]3CC[C@@]4(C)C(CC[C@]5(C)C4CC=C4C6CC(C)(C)CC[C@]6(C(=O)O[C@@H]6O[C@H](CO[C@@H]7O[C@H](CO)[C@@H](O[C@@H]8O[C@@H](C)[C@H](O)[C@@H](O)[C@H]8O)[C@H](O)[C@H]7O)[C@@H](O)[C@H](O)[C@H]6O)CC[C@]45C)C3(C)C)OC[C@H](O[C@@H]3O[C@H](CO)[C@@H](O[C@@H]4O[C@@H](C)[C@H](O)[C@@H](O)[C@H]4O)[C@H](O)[C@H]3O)[C@@H]2O)[C@H](O)[C@H](O)[C@H]1O. The van der Waals surface area contributed by atoms with Crippen LogP contribution in [-0.4, -0.2) is 344 Å². The number of ether oxygens (including phenoxy) is 14. The minimum absolute atomic E-state index is 0.0322. The van der Waals surface area contributed by atoms with Crippen LogP contribution in [0, 0.1) is 50.2 Å². The van der Waals surface area contributed by atoms with Crippen molar-refractivity contribution < 1.29 is 168 Å². The average Bonchev–Trinajstić information content (AvgIpc) is 0.674. The van der Waals surface area contributed by atoms with Gasteiger partial charge in [0.05, 0.1) is 56.3 Å². The first-order valence-electron chi connectivity index (χ1n) is 37.3. The number of hydrogen-bond acceptors (Lipinski definition) is 34. The molecule has 0 aromatic carbocycles. The second-order valence-electron chi connectivity index (χ2n) is 34.2. The number of rotatable bonds is 17. The summed E-state index contributed by atoms with van der Waals surface area (Å²) in [6, 6.07) is 0. The topological polar surface area (TPSA) is 531 Å². The van der Waals surface area contributed by atoms with Crippen LogP contribution in [0.2, 0.25) is 0 Å². The van der Waals surface area contributed by atoms with Crippen molar-refractivity contribution >= 4 is 5.97 Å². The van der Waals surface area contributed by atoms with Gasteiger partial charge in [-0.25, -0.2) is 0 Å². The van der Waals surface area contributed by atoms with Crippen LogP contribution in [0.25, 0.3) is 0 Å². The smallest absolute Gasteiger partial charge is 0.315 e. The Morgan fingerprint density at radius 1 is 0.448 bits per heavy atom. The molecule has 12 rings (SSSR count). The number of carbonyl (C=O) groups is 1. The molecule has 11 fully saturated rings. The van der Waals surface area contributed by atoms with Crippen molar-refractivity contribution in [3.8, 4) is 0 Å². The maximum atomic E-state index is 15.4. The second-order valence-corrected chi connectivity index (χ2v) is 34.2. The molecule has 0 amide bonds. The van der Waals surface area contributed by atoms with E-state index in [1.165, 1.54) is 26.3 Å². The third kappa shape index (κ3) is 14.5. The molecular formula is C71H116O34. The van der Waals surface area contributed by atoms with E-state index in [-0.39, 0.29) is 34.0 Å². The van der Waals surface area contributed by atoms with Gasteiger partial charge in [-0.3, -0.25) is 4.79 Å². The van der Waals surface area contributed by atoms with Crippen molar-refractivity contribution in [3.05, 3.63) is 11.6 Å². The van der Waals surface area contributed by atoms with Crippen LogP contribution in [0.1, 0.15) is 133 Å². The monoisotopic (exact) mass is 1510 g/mol. The molecule has 105 heavy (non-hydrogen) atoms. The second kappa shape index (κ2) is 31.0. The van der Waals surface area contributed by atoms with Gasteiger partial charge in [0, 0.05) is 0 Å². The van der Waals surface area contributed by atoms with Gasteiger partial charge >= 0.3 is 5.97 Å². The maximum Gasteiger partial charge on any atom is 0.315 e. The van der Waals surface area contributed by atoms with Gasteiger partial charge in [-0.15, -0.1) is 0 Å². The maximum absolute atomic E-state index is 15.4. The Morgan fingerprint density at radius 2 is 0.914 bits per heavy atom. The van der Waals surface area contributed by atoms with Gasteiger partial charge in [0.2, 0.25) is 6.29 Å². The molecule has 7 heterocycles. The molecule has 0 bridgehead atoms. The van der Waals surface area contributed by atoms with Gasteiger partial charge in [-0.2, -0.15) is 0 Å². The summed E-state index contributed by atoms with van der Waals surface area (Å²) in [6.45, 7) is 17.2. The van der Waals surface area contributed by atoms with E-state index in [2.05, 4.69) is 54.5 Å². The van der Waals surface area contributed by atoms with Gasteiger partial charge in [-0.1, -0.05) is 60.1 Å². The van der Waals surface area contributed by atoms with Crippen molar-refractivity contribution in [2.24, 2.45) is 50.2 Å². The molecule has 0 radical (unpaired) electrons. The number of aliphatic hydroxyl groups excluding tert-OH is 19. The number of hydrogen-bond donors (Lipinski definition) is 19. The van der Waals surface area contributed by atoms with E-state index < -0.39 is 264 Å². The fourth-order valence-electron chi connectivity index (χ4n) is 20.4. The van der Waals surface area contributed by atoms with E-state index in [0.29, 0.717) is 51.4 Å². The first-order chi connectivity index (χ1) is 49.2. The van der Waals surface area contributed by atoms with Crippen LogP contribution in [0.5, 0.6) is 0 Å². The predicted octanol–water partition coefficient (Wildman–Crippen LogP) is -4.84. The number of fused-ring (bicyclic) bond motifs is 7. The van der Waals surface area contributed by atoms with E-state index in [0.717, 1.165) is 12.8 Å². The van der Waals surface area contributed by atoms with Crippen LogP contribution in [-0.2, 0) is 71.1 Å². The number of allylic oxidation sites excluding steroid dienone is 2. The van der Waals surface area contributed by atoms with Crippen LogP contribution in [0.15, 0.2) is 11.6 Å². The van der Waals surface area contributed by atoms with Crippen LogP contribution >= 0.6 is 0 Å². The Morgan fingerprint density at radius 3 is 1.46 bits per heavy atom. The number of esters is 1. The van der Waals surface area contributed by atoms with E-state index in [1.54, 1.807) is 0 Å². The Balaban J connectivity index is 0.725. The molecular weight excluding hydrogens is 1400 g/mol. The summed E-state index contributed by atoms with van der Waals surface area (Å²) in [7, 11) is 0. The van der Waals surface area contributed by atoms with Crippen LogP contribution in [0.3, 0.4) is 0 Å².